The minimum atomic E-state index is -0.933. The zero-order valence-electron chi connectivity index (χ0n) is 19.9. The molecule has 0 aliphatic carbocycles. The van der Waals surface area contributed by atoms with Gasteiger partial charge in [-0.05, 0) is 66.5 Å². The number of carbonyl (C=O) groups excluding carboxylic acids is 3. The lowest BCUT2D eigenvalue weighted by Crippen LogP contribution is -2.54. The van der Waals surface area contributed by atoms with E-state index in [-0.39, 0.29) is 24.2 Å². The average molecular weight is 452 g/mol. The van der Waals surface area contributed by atoms with Gasteiger partial charge in [0.1, 0.15) is 17.7 Å². The van der Waals surface area contributed by atoms with E-state index in [1.54, 1.807) is 20.8 Å². The smallest absolute Gasteiger partial charge is 0.408 e. The lowest BCUT2D eigenvalue weighted by Gasteiger charge is -2.34. The summed E-state index contributed by atoms with van der Waals surface area (Å²) in [5, 5.41) is 5.51. The van der Waals surface area contributed by atoms with Crippen molar-refractivity contribution in [2.45, 2.75) is 79.1 Å². The van der Waals surface area contributed by atoms with Crippen LogP contribution in [-0.4, -0.2) is 52.8 Å². The van der Waals surface area contributed by atoms with Crippen LogP contribution in [0.25, 0.3) is 0 Å². The van der Waals surface area contributed by atoms with E-state index in [0.717, 1.165) is 16.7 Å². The number of likely N-dealkylation sites (N-methyl/N-ethyl adjacent to an activating group) is 1. The fourth-order valence-corrected chi connectivity index (χ4v) is 3.42. The number of thiol groups is 1. The van der Waals surface area contributed by atoms with Gasteiger partial charge in [-0.25, -0.2) is 4.79 Å². The van der Waals surface area contributed by atoms with Crippen LogP contribution in [0.1, 0.15) is 64.3 Å². The van der Waals surface area contributed by atoms with E-state index in [2.05, 4.69) is 23.3 Å². The molecule has 0 heterocycles. The molecule has 0 spiro atoms. The van der Waals surface area contributed by atoms with Gasteiger partial charge < -0.3 is 20.3 Å². The van der Waals surface area contributed by atoms with Crippen molar-refractivity contribution in [2.24, 2.45) is 0 Å². The summed E-state index contributed by atoms with van der Waals surface area (Å²) >= 11 is 4.26. The maximum absolute atomic E-state index is 13.4. The van der Waals surface area contributed by atoms with Gasteiger partial charge in [-0.1, -0.05) is 23.8 Å². The number of carbonyl (C=O) groups is 3. The Balaban J connectivity index is 3.32. The Morgan fingerprint density at radius 1 is 1.13 bits per heavy atom. The molecule has 31 heavy (non-hydrogen) atoms. The van der Waals surface area contributed by atoms with E-state index in [1.165, 1.54) is 4.90 Å². The van der Waals surface area contributed by atoms with Crippen LogP contribution in [0.4, 0.5) is 4.79 Å². The molecule has 7 nitrogen and oxygen atoms in total. The van der Waals surface area contributed by atoms with Gasteiger partial charge in [-0.3, -0.25) is 9.59 Å². The van der Waals surface area contributed by atoms with E-state index in [4.69, 9.17) is 4.74 Å². The molecule has 0 saturated heterocycles. The van der Waals surface area contributed by atoms with Gasteiger partial charge in [0.15, 0.2) is 0 Å². The highest BCUT2D eigenvalue weighted by atomic mass is 32.1. The largest absolute Gasteiger partial charge is 0.444 e. The van der Waals surface area contributed by atoms with Gasteiger partial charge in [0.05, 0.1) is 0 Å². The molecule has 174 valence electrons. The van der Waals surface area contributed by atoms with Crippen LogP contribution in [0.3, 0.4) is 0 Å². The van der Waals surface area contributed by atoms with Crippen LogP contribution in [0.15, 0.2) is 18.2 Å². The quantitative estimate of drug-likeness (QED) is 0.528. The van der Waals surface area contributed by atoms with Crippen LogP contribution < -0.4 is 10.6 Å². The van der Waals surface area contributed by atoms with E-state index in [9.17, 15) is 14.4 Å². The minimum Gasteiger partial charge on any atom is -0.444 e. The third-order valence-electron chi connectivity index (χ3n) is 4.52. The number of alkyl carbamates (subject to hydrolysis) is 1. The fraction of sp³-hybridized carbons (Fsp3) is 0.609. The van der Waals surface area contributed by atoms with Crippen LogP contribution in [-0.2, 0) is 14.3 Å². The second-order valence-corrected chi connectivity index (χ2v) is 9.30. The molecule has 0 bridgehead atoms. The number of aryl methyl sites for hydroxylation is 2. The Morgan fingerprint density at radius 3 is 2.23 bits per heavy atom. The van der Waals surface area contributed by atoms with Crippen LogP contribution in [0.2, 0.25) is 0 Å². The summed E-state index contributed by atoms with van der Waals surface area (Å²) in [6.07, 6.45) is -0.703. The van der Waals surface area contributed by atoms with Crippen molar-refractivity contribution in [1.29, 1.82) is 0 Å². The number of amides is 3. The van der Waals surface area contributed by atoms with E-state index >= 15 is 0 Å². The molecular weight excluding hydrogens is 414 g/mol. The van der Waals surface area contributed by atoms with Crippen molar-refractivity contribution in [2.75, 3.05) is 12.3 Å². The van der Waals surface area contributed by atoms with Gasteiger partial charge in [0.25, 0.3) is 0 Å². The number of hydrogen-bond donors (Lipinski definition) is 3. The average Bonchev–Trinajstić information content (AvgIpc) is 2.63. The van der Waals surface area contributed by atoms with Gasteiger partial charge >= 0.3 is 6.09 Å². The lowest BCUT2D eigenvalue weighted by atomic mass is 9.96. The Hall–Kier alpha value is -2.22. The maximum atomic E-state index is 13.4. The highest BCUT2D eigenvalue weighted by Gasteiger charge is 2.35. The normalized spacial score (nSPS) is 13.4. The predicted molar refractivity (Wildman–Crippen MR) is 126 cm³/mol. The number of benzene rings is 1. The second kappa shape index (κ2) is 11.4. The third kappa shape index (κ3) is 8.09. The number of rotatable bonds is 8. The first-order valence-electron chi connectivity index (χ1n) is 10.6. The predicted octanol–water partition coefficient (Wildman–Crippen LogP) is 3.54. The molecule has 0 radical (unpaired) electrons. The van der Waals surface area contributed by atoms with Crippen molar-refractivity contribution in [3.05, 3.63) is 34.9 Å². The Kier molecular flexibility index (Phi) is 9.87. The van der Waals surface area contributed by atoms with Gasteiger partial charge in [-0.15, -0.1) is 0 Å². The van der Waals surface area contributed by atoms with E-state index < -0.39 is 29.7 Å². The fourth-order valence-electron chi connectivity index (χ4n) is 3.17. The molecule has 2 N–H and O–H groups in total. The van der Waals surface area contributed by atoms with Crippen LogP contribution in [0, 0.1) is 13.8 Å². The summed E-state index contributed by atoms with van der Waals surface area (Å²) in [5.41, 5.74) is 1.95. The molecular formula is C23H37N3O4S. The number of nitrogens with one attached hydrogen (secondary N) is 2. The monoisotopic (exact) mass is 451 g/mol. The second-order valence-electron chi connectivity index (χ2n) is 8.93. The first kappa shape index (κ1) is 26.8. The number of hydrogen-bond acceptors (Lipinski definition) is 5. The SMILES string of the molecule is CCN(C(=O)C(CS)NC(=O)OC(C)(C)C)C(C(=O)NC(C)C)c1cc(C)ccc1C. The molecule has 0 fully saturated rings. The highest BCUT2D eigenvalue weighted by molar-refractivity contribution is 7.80. The Morgan fingerprint density at radius 2 is 1.74 bits per heavy atom. The van der Waals surface area contributed by atoms with Gasteiger partial charge in [-0.2, -0.15) is 12.6 Å². The molecule has 0 aromatic heterocycles. The first-order chi connectivity index (χ1) is 14.3. The van der Waals surface area contributed by atoms with E-state index in [1.807, 2.05) is 52.8 Å². The molecule has 1 rings (SSSR count). The topological polar surface area (TPSA) is 87.7 Å². The molecule has 2 unspecified atom stereocenters. The van der Waals surface area contributed by atoms with E-state index in [0.29, 0.717) is 0 Å². The molecule has 2 atom stereocenters. The lowest BCUT2D eigenvalue weighted by molar-refractivity contribution is -0.142. The summed E-state index contributed by atoms with van der Waals surface area (Å²) in [6.45, 7) is 14.9. The van der Waals surface area contributed by atoms with Crippen LogP contribution >= 0.6 is 12.6 Å². The molecule has 0 aliphatic heterocycles. The minimum absolute atomic E-state index is 0.0693. The summed E-state index contributed by atoms with van der Waals surface area (Å²) in [4.78, 5) is 40.4. The summed E-state index contributed by atoms with van der Waals surface area (Å²) < 4.78 is 5.28. The molecule has 8 heteroatoms. The van der Waals surface area contributed by atoms with Crippen molar-refractivity contribution >= 4 is 30.5 Å². The molecule has 0 aliphatic rings. The van der Waals surface area contributed by atoms with Crippen molar-refractivity contribution in [3.63, 3.8) is 0 Å². The molecule has 0 saturated carbocycles. The third-order valence-corrected chi connectivity index (χ3v) is 4.88. The molecule has 1 aromatic rings. The van der Waals surface area contributed by atoms with Crippen LogP contribution in [0.5, 0.6) is 0 Å². The molecule has 3 amide bonds. The van der Waals surface area contributed by atoms with Gasteiger partial charge in [0, 0.05) is 18.3 Å². The Bertz CT molecular complexity index is 790. The first-order valence-corrected chi connectivity index (χ1v) is 11.2. The summed E-state index contributed by atoms with van der Waals surface area (Å²) in [5.74, 6) is -0.595. The van der Waals surface area contributed by atoms with Gasteiger partial charge in [0.2, 0.25) is 11.8 Å². The summed E-state index contributed by atoms with van der Waals surface area (Å²) in [7, 11) is 0. The zero-order chi connectivity index (χ0) is 23.9. The zero-order valence-corrected chi connectivity index (χ0v) is 20.8. The van der Waals surface area contributed by atoms with Crippen molar-refractivity contribution in [1.82, 2.24) is 15.5 Å². The number of nitrogens with zero attached hydrogens (tertiary/aromatic N) is 1. The summed E-state index contributed by atoms with van der Waals surface area (Å²) in [6, 6.07) is 3.98. The highest BCUT2D eigenvalue weighted by Crippen LogP contribution is 2.26. The standard InChI is InChI=1S/C23H37N3O4S/c1-9-26(21(28)18(13-31)25-22(29)30-23(6,7)8)19(20(27)24-14(2)3)17-12-15(4)10-11-16(17)5/h10-12,14,18-19,31H,9,13H2,1-8H3,(H,24,27)(H,25,29). The molecule has 1 aromatic carbocycles. The number of ether oxygens (including phenoxy) is 1. The Labute approximate surface area is 191 Å². The maximum Gasteiger partial charge on any atom is 0.408 e. The van der Waals surface area contributed by atoms with Crippen molar-refractivity contribution in [3.8, 4) is 0 Å². The van der Waals surface area contributed by atoms with Crippen molar-refractivity contribution < 1.29 is 19.1 Å².